The van der Waals surface area contributed by atoms with Gasteiger partial charge in [0.15, 0.2) is 23.7 Å². The molecule has 5 aliphatic rings. The van der Waals surface area contributed by atoms with Crippen LogP contribution >= 0.6 is 0 Å². The van der Waals surface area contributed by atoms with Crippen LogP contribution in [-0.4, -0.2) is 12.2 Å². The topological polar surface area (TPSA) is 21.7 Å². The second-order valence-corrected chi connectivity index (χ2v) is 17.0. The fourth-order valence-corrected chi connectivity index (χ4v) is 11.1. The molecule has 62 heavy (non-hydrogen) atoms. The van der Waals surface area contributed by atoms with Crippen LogP contribution in [0.4, 0.5) is 5.69 Å². The third kappa shape index (κ3) is 5.12. The molecule has 0 radical (unpaired) electrons. The van der Waals surface area contributed by atoms with Crippen molar-refractivity contribution in [3.05, 3.63) is 258 Å². The molecule has 3 heteroatoms. The first-order valence-corrected chi connectivity index (χ1v) is 21.8. The van der Waals surface area contributed by atoms with E-state index in [1.807, 2.05) is 0 Å². The van der Waals surface area contributed by atoms with Gasteiger partial charge < -0.3 is 14.4 Å². The van der Waals surface area contributed by atoms with Gasteiger partial charge in [0.05, 0.1) is 11.1 Å². The minimum Gasteiger partial charge on any atom is -0.478 e. The van der Waals surface area contributed by atoms with Crippen LogP contribution in [0.3, 0.4) is 0 Å². The Labute approximate surface area is 361 Å². The van der Waals surface area contributed by atoms with Crippen molar-refractivity contribution in [2.45, 2.75) is 30.0 Å². The highest BCUT2D eigenvalue weighted by Crippen LogP contribution is 2.64. The van der Waals surface area contributed by atoms with E-state index in [1.54, 1.807) is 0 Å². The Hall–Kier alpha value is -7.62. The number of anilines is 1. The maximum atomic E-state index is 7.28. The Bertz CT molecular complexity index is 3210. The third-order valence-electron chi connectivity index (χ3n) is 13.8. The molecule has 0 saturated heterocycles. The van der Waals surface area contributed by atoms with Crippen LogP contribution < -0.4 is 14.4 Å². The normalized spacial score (nSPS) is 19.2. The standard InChI is InChI=1S/C59H41NO2/c1-2-16-39(17-3-1)44-19-6-7-20-45(44)40-30-32-42(33-31-40)60(43-34-29-38-15-4-5-18-41(38)35-43)54-27-14-28-55-58(54)62-56-36-49-48-23-10-13-26-52(48)59(53(49)37-57(56)61-55)50-24-11-8-21-46(50)47-22-9-12-25-51(47)59/h1-30,32-37,40,55,58H,31H2/t40-,55?,58?/m0/s1. The molecule has 3 nitrogen and oxygen atoms in total. The fraction of sp³-hybridized carbons (Fsp3) is 0.0847. The van der Waals surface area contributed by atoms with E-state index in [0.717, 1.165) is 35.0 Å². The van der Waals surface area contributed by atoms with Crippen molar-refractivity contribution >= 4 is 16.5 Å². The summed E-state index contributed by atoms with van der Waals surface area (Å²) < 4.78 is 14.4. The predicted octanol–water partition coefficient (Wildman–Crippen LogP) is 13.9. The summed E-state index contributed by atoms with van der Waals surface area (Å²) in [4.78, 5) is 2.39. The Morgan fingerprint density at radius 3 is 1.85 bits per heavy atom. The Kier molecular flexibility index (Phi) is 7.77. The van der Waals surface area contributed by atoms with Gasteiger partial charge in [-0.3, -0.25) is 0 Å². The highest BCUT2D eigenvalue weighted by molar-refractivity contribution is 5.96. The summed E-state index contributed by atoms with van der Waals surface area (Å²) in [6, 6.07) is 66.2. The minimum atomic E-state index is -0.450. The van der Waals surface area contributed by atoms with E-state index in [0.29, 0.717) is 0 Å². The van der Waals surface area contributed by atoms with Crippen LogP contribution in [0.1, 0.15) is 40.2 Å². The molecule has 3 atom stereocenters. The zero-order chi connectivity index (χ0) is 40.8. The molecular formula is C59H41NO2. The Morgan fingerprint density at radius 2 is 1.13 bits per heavy atom. The van der Waals surface area contributed by atoms with Gasteiger partial charge in [-0.25, -0.2) is 0 Å². The summed E-state index contributed by atoms with van der Waals surface area (Å²) in [5.74, 6) is 1.79. The van der Waals surface area contributed by atoms with Gasteiger partial charge in [0, 0.05) is 17.3 Å². The molecule has 1 aliphatic heterocycles. The molecule has 0 amide bonds. The summed E-state index contributed by atoms with van der Waals surface area (Å²) in [6.45, 7) is 0. The highest BCUT2D eigenvalue weighted by atomic mass is 16.6. The summed E-state index contributed by atoms with van der Waals surface area (Å²) in [7, 11) is 0. The van der Waals surface area contributed by atoms with Crippen molar-refractivity contribution < 1.29 is 9.47 Å². The van der Waals surface area contributed by atoms with Crippen LogP contribution in [0.25, 0.3) is 44.2 Å². The number of allylic oxidation sites excluding steroid dienone is 5. The largest absolute Gasteiger partial charge is 0.478 e. The smallest absolute Gasteiger partial charge is 0.179 e. The van der Waals surface area contributed by atoms with E-state index in [-0.39, 0.29) is 18.1 Å². The van der Waals surface area contributed by atoms with Crippen molar-refractivity contribution in [1.82, 2.24) is 0 Å². The highest BCUT2D eigenvalue weighted by Gasteiger charge is 2.52. The third-order valence-corrected chi connectivity index (χ3v) is 13.8. The summed E-state index contributed by atoms with van der Waals surface area (Å²) in [6.07, 6.45) is 13.7. The summed E-state index contributed by atoms with van der Waals surface area (Å²) in [5.41, 5.74) is 16.8. The molecular weight excluding hydrogens is 755 g/mol. The molecule has 8 aromatic carbocycles. The Morgan fingerprint density at radius 1 is 0.500 bits per heavy atom. The Balaban J connectivity index is 0.908. The molecule has 0 fully saturated rings. The molecule has 4 aliphatic carbocycles. The molecule has 13 rings (SSSR count). The molecule has 0 saturated carbocycles. The SMILES string of the molecule is C1=CC2Oc3cc4c(cc3OC2C(N(C2=CC[C@@H](c3ccccc3-c3ccccc3)C=C2)c2ccc3ccccc3c2)=C1)-c1ccccc1C41c2ccccc2-c2ccccc21. The number of ether oxygens (including phenoxy) is 2. The zero-order valence-electron chi connectivity index (χ0n) is 34.0. The van der Waals surface area contributed by atoms with E-state index in [1.165, 1.54) is 72.0 Å². The maximum Gasteiger partial charge on any atom is 0.179 e. The predicted molar refractivity (Wildman–Crippen MR) is 252 cm³/mol. The van der Waals surface area contributed by atoms with Crippen molar-refractivity contribution in [1.29, 1.82) is 0 Å². The molecule has 1 heterocycles. The molecule has 0 N–H and O–H groups in total. The molecule has 1 spiro atoms. The number of benzene rings is 8. The van der Waals surface area contributed by atoms with E-state index in [2.05, 4.69) is 223 Å². The molecule has 0 aromatic heterocycles. The van der Waals surface area contributed by atoms with Crippen LogP contribution in [-0.2, 0) is 5.41 Å². The van der Waals surface area contributed by atoms with Gasteiger partial charge >= 0.3 is 0 Å². The first kappa shape index (κ1) is 35.2. The molecule has 8 aromatic rings. The number of nitrogens with zero attached hydrogens (tertiary/aromatic N) is 1. The van der Waals surface area contributed by atoms with Crippen LogP contribution in [0.5, 0.6) is 11.5 Å². The number of fused-ring (bicyclic) bond motifs is 13. The monoisotopic (exact) mass is 795 g/mol. The van der Waals surface area contributed by atoms with Gasteiger partial charge in [-0.1, -0.05) is 176 Å². The second-order valence-electron chi connectivity index (χ2n) is 17.0. The van der Waals surface area contributed by atoms with Gasteiger partial charge in [0.25, 0.3) is 0 Å². The lowest BCUT2D eigenvalue weighted by atomic mass is 9.70. The van der Waals surface area contributed by atoms with E-state index in [9.17, 15) is 0 Å². The summed E-state index contributed by atoms with van der Waals surface area (Å²) >= 11 is 0. The van der Waals surface area contributed by atoms with E-state index in [4.69, 9.17) is 9.47 Å². The van der Waals surface area contributed by atoms with Crippen molar-refractivity contribution in [3.63, 3.8) is 0 Å². The first-order chi connectivity index (χ1) is 30.7. The van der Waals surface area contributed by atoms with Gasteiger partial charge in [-0.05, 0) is 121 Å². The maximum absolute atomic E-state index is 7.28. The number of rotatable bonds is 5. The molecule has 294 valence electrons. The number of hydrogen-bond acceptors (Lipinski definition) is 3. The molecule has 2 unspecified atom stereocenters. The van der Waals surface area contributed by atoms with Gasteiger partial charge in [0.1, 0.15) is 0 Å². The summed E-state index contributed by atoms with van der Waals surface area (Å²) in [5, 5.41) is 2.40. The van der Waals surface area contributed by atoms with Crippen LogP contribution in [0, 0.1) is 0 Å². The fourth-order valence-electron chi connectivity index (χ4n) is 11.1. The number of hydrogen-bond donors (Lipinski definition) is 0. The molecule has 0 bridgehead atoms. The van der Waals surface area contributed by atoms with Crippen molar-refractivity contribution in [2.24, 2.45) is 0 Å². The van der Waals surface area contributed by atoms with Crippen LogP contribution in [0.15, 0.2) is 230 Å². The van der Waals surface area contributed by atoms with Crippen molar-refractivity contribution in [3.8, 4) is 44.9 Å². The van der Waals surface area contributed by atoms with Gasteiger partial charge in [0.2, 0.25) is 0 Å². The van der Waals surface area contributed by atoms with Crippen LogP contribution in [0.2, 0.25) is 0 Å². The first-order valence-electron chi connectivity index (χ1n) is 21.8. The zero-order valence-corrected chi connectivity index (χ0v) is 34.0. The lowest BCUT2D eigenvalue weighted by Crippen LogP contribution is -2.46. The van der Waals surface area contributed by atoms with E-state index < -0.39 is 5.41 Å². The minimum absolute atomic E-state index is 0.245. The van der Waals surface area contributed by atoms with Crippen molar-refractivity contribution in [2.75, 3.05) is 4.90 Å². The average molecular weight is 796 g/mol. The van der Waals surface area contributed by atoms with Gasteiger partial charge in [-0.2, -0.15) is 0 Å². The lowest BCUT2D eigenvalue weighted by molar-refractivity contribution is 0.0672. The van der Waals surface area contributed by atoms with E-state index >= 15 is 0 Å². The van der Waals surface area contributed by atoms with Gasteiger partial charge in [-0.15, -0.1) is 0 Å². The second kappa shape index (κ2) is 13.7. The lowest BCUT2D eigenvalue weighted by Gasteiger charge is -2.41. The average Bonchev–Trinajstić information content (AvgIpc) is 3.80. The quantitative estimate of drug-likeness (QED) is 0.173.